The van der Waals surface area contributed by atoms with Gasteiger partial charge in [0.2, 0.25) is 15.9 Å². The molecular weight excluding hydrogens is 320 g/mol. The summed E-state index contributed by atoms with van der Waals surface area (Å²) in [6.07, 6.45) is 0.420. The van der Waals surface area contributed by atoms with Crippen molar-refractivity contribution in [3.8, 4) is 5.75 Å². The largest absolute Gasteiger partial charge is 0.494 e. The van der Waals surface area contributed by atoms with Crippen molar-refractivity contribution in [3.63, 3.8) is 0 Å². The highest BCUT2D eigenvalue weighted by atomic mass is 32.2. The number of amides is 1. The quantitative estimate of drug-likeness (QED) is 0.568. The zero-order chi connectivity index (χ0) is 17.5. The Morgan fingerprint density at radius 3 is 2.65 bits per heavy atom. The molecule has 0 aromatic heterocycles. The number of hydrogen-bond acceptors (Lipinski definition) is 5. The molecule has 0 saturated heterocycles. The van der Waals surface area contributed by atoms with E-state index in [0.29, 0.717) is 30.9 Å². The van der Waals surface area contributed by atoms with Crippen LogP contribution in [0.4, 0.5) is 0 Å². The summed E-state index contributed by atoms with van der Waals surface area (Å²) in [5.41, 5.74) is 0.703. The molecule has 0 spiro atoms. The lowest BCUT2D eigenvalue weighted by molar-refractivity contribution is -0.122. The standard InChI is InChI=1S/C15H24N2O5S/c1-4-22-14-7-6-13(10-11(14)2)23(20,21)17-12(3)15(19)16-8-5-9-18/h6-7,10,12,17-18H,4-5,8-9H2,1-3H3,(H,16,19)/t12-/m0/s1. The summed E-state index contributed by atoms with van der Waals surface area (Å²) in [6, 6.07) is 3.63. The average Bonchev–Trinajstić information content (AvgIpc) is 2.49. The fraction of sp³-hybridized carbons (Fsp3) is 0.533. The second kappa shape index (κ2) is 8.85. The molecule has 0 aliphatic carbocycles. The minimum absolute atomic E-state index is 0.0359. The third-order valence-corrected chi connectivity index (χ3v) is 4.65. The number of sulfonamides is 1. The van der Waals surface area contributed by atoms with Crippen LogP contribution in [0.2, 0.25) is 0 Å². The molecule has 7 nitrogen and oxygen atoms in total. The van der Waals surface area contributed by atoms with Gasteiger partial charge in [-0.05, 0) is 51.0 Å². The first-order chi connectivity index (χ1) is 10.8. The monoisotopic (exact) mass is 344 g/mol. The van der Waals surface area contributed by atoms with Gasteiger partial charge in [-0.3, -0.25) is 4.79 Å². The fourth-order valence-electron chi connectivity index (χ4n) is 1.90. The maximum atomic E-state index is 12.3. The third kappa shape index (κ3) is 5.81. The van der Waals surface area contributed by atoms with E-state index in [1.807, 2.05) is 6.92 Å². The summed E-state index contributed by atoms with van der Waals surface area (Å²) in [6.45, 7) is 5.83. The van der Waals surface area contributed by atoms with Crippen LogP contribution in [-0.2, 0) is 14.8 Å². The van der Waals surface area contributed by atoms with Crippen LogP contribution >= 0.6 is 0 Å². The highest BCUT2D eigenvalue weighted by Crippen LogP contribution is 2.21. The first kappa shape index (κ1) is 19.4. The molecular formula is C15H24N2O5S. The smallest absolute Gasteiger partial charge is 0.241 e. The van der Waals surface area contributed by atoms with Crippen LogP contribution in [0.3, 0.4) is 0 Å². The number of carbonyl (C=O) groups excluding carboxylic acids is 1. The van der Waals surface area contributed by atoms with Gasteiger partial charge in [-0.15, -0.1) is 0 Å². The van der Waals surface area contributed by atoms with Gasteiger partial charge in [0.05, 0.1) is 17.5 Å². The van der Waals surface area contributed by atoms with Gasteiger partial charge in [0, 0.05) is 13.2 Å². The first-order valence-electron chi connectivity index (χ1n) is 7.46. The summed E-state index contributed by atoms with van der Waals surface area (Å²) >= 11 is 0. The summed E-state index contributed by atoms with van der Waals surface area (Å²) in [4.78, 5) is 11.9. The van der Waals surface area contributed by atoms with Crippen molar-refractivity contribution in [2.75, 3.05) is 19.8 Å². The second-order valence-corrected chi connectivity index (χ2v) is 6.79. The summed E-state index contributed by atoms with van der Waals surface area (Å²) in [5, 5.41) is 11.2. The Morgan fingerprint density at radius 1 is 1.39 bits per heavy atom. The second-order valence-electron chi connectivity index (χ2n) is 5.07. The molecule has 3 N–H and O–H groups in total. The van der Waals surface area contributed by atoms with E-state index in [9.17, 15) is 13.2 Å². The van der Waals surface area contributed by atoms with E-state index in [2.05, 4.69) is 10.0 Å². The number of aliphatic hydroxyl groups excluding tert-OH is 1. The van der Waals surface area contributed by atoms with Crippen LogP contribution in [0.5, 0.6) is 5.75 Å². The molecule has 0 bridgehead atoms. The molecule has 130 valence electrons. The van der Waals surface area contributed by atoms with Gasteiger partial charge in [-0.2, -0.15) is 4.72 Å². The Bertz CT molecular complexity index is 631. The van der Waals surface area contributed by atoms with Crippen LogP contribution in [-0.4, -0.2) is 45.2 Å². The fourth-order valence-corrected chi connectivity index (χ4v) is 3.19. The number of hydrogen-bond donors (Lipinski definition) is 3. The molecule has 1 atom stereocenters. The van der Waals surface area contributed by atoms with Gasteiger partial charge in [-0.25, -0.2) is 8.42 Å². The van der Waals surface area contributed by atoms with E-state index < -0.39 is 22.0 Å². The molecule has 0 fully saturated rings. The first-order valence-corrected chi connectivity index (χ1v) is 8.94. The maximum absolute atomic E-state index is 12.3. The van der Waals surface area contributed by atoms with Gasteiger partial charge < -0.3 is 15.2 Å². The molecule has 1 aromatic carbocycles. The summed E-state index contributed by atoms with van der Waals surface area (Å²) < 4.78 is 32.4. The number of carbonyl (C=O) groups is 1. The molecule has 8 heteroatoms. The molecule has 23 heavy (non-hydrogen) atoms. The van der Waals surface area contributed by atoms with Crippen LogP contribution in [0, 0.1) is 6.92 Å². The van der Waals surface area contributed by atoms with E-state index in [1.165, 1.54) is 19.1 Å². The van der Waals surface area contributed by atoms with Crippen molar-refractivity contribution in [2.45, 2.75) is 38.1 Å². The van der Waals surface area contributed by atoms with Gasteiger partial charge in [-0.1, -0.05) is 0 Å². The Kier molecular flexibility index (Phi) is 7.47. The molecule has 1 rings (SSSR count). The normalized spacial score (nSPS) is 12.7. The maximum Gasteiger partial charge on any atom is 0.241 e. The van der Waals surface area contributed by atoms with Crippen molar-refractivity contribution in [1.29, 1.82) is 0 Å². The number of rotatable bonds is 9. The molecule has 1 amide bonds. The Hall–Kier alpha value is -1.64. The zero-order valence-corrected chi connectivity index (χ0v) is 14.4. The van der Waals surface area contributed by atoms with E-state index in [1.54, 1.807) is 13.0 Å². The van der Waals surface area contributed by atoms with E-state index in [0.717, 1.165) is 0 Å². The molecule has 0 radical (unpaired) electrons. The average molecular weight is 344 g/mol. The molecule has 0 aliphatic heterocycles. The minimum Gasteiger partial charge on any atom is -0.494 e. The molecule has 1 aromatic rings. The van der Waals surface area contributed by atoms with Crippen molar-refractivity contribution in [2.24, 2.45) is 0 Å². The van der Waals surface area contributed by atoms with E-state index in [4.69, 9.17) is 9.84 Å². The van der Waals surface area contributed by atoms with Gasteiger partial charge in [0.15, 0.2) is 0 Å². The summed E-state index contributed by atoms with van der Waals surface area (Å²) in [5.74, 6) is 0.186. The molecule has 0 aliphatic rings. The lowest BCUT2D eigenvalue weighted by Gasteiger charge is -2.15. The molecule has 0 saturated carbocycles. The van der Waals surface area contributed by atoms with Crippen molar-refractivity contribution in [3.05, 3.63) is 23.8 Å². The third-order valence-electron chi connectivity index (χ3n) is 3.12. The number of ether oxygens (including phenoxy) is 1. The van der Waals surface area contributed by atoms with E-state index in [-0.39, 0.29) is 11.5 Å². The van der Waals surface area contributed by atoms with E-state index >= 15 is 0 Å². The number of aliphatic hydroxyl groups is 1. The predicted molar refractivity (Wildman–Crippen MR) is 86.8 cm³/mol. The van der Waals surface area contributed by atoms with Crippen molar-refractivity contribution in [1.82, 2.24) is 10.0 Å². The molecule has 0 heterocycles. The lowest BCUT2D eigenvalue weighted by Crippen LogP contribution is -2.45. The van der Waals surface area contributed by atoms with Gasteiger partial charge >= 0.3 is 0 Å². The highest BCUT2D eigenvalue weighted by molar-refractivity contribution is 7.89. The van der Waals surface area contributed by atoms with Crippen LogP contribution in [0.15, 0.2) is 23.1 Å². The lowest BCUT2D eigenvalue weighted by atomic mass is 10.2. The van der Waals surface area contributed by atoms with Crippen LogP contribution in [0.25, 0.3) is 0 Å². The SMILES string of the molecule is CCOc1ccc(S(=O)(=O)N[C@@H](C)C(=O)NCCCO)cc1C. The highest BCUT2D eigenvalue weighted by Gasteiger charge is 2.22. The Morgan fingerprint density at radius 2 is 2.09 bits per heavy atom. The predicted octanol–water partition coefficient (Wildman–Crippen LogP) is 0.559. The van der Waals surface area contributed by atoms with Gasteiger partial charge in [0.1, 0.15) is 5.75 Å². The molecule has 0 unspecified atom stereocenters. The van der Waals surface area contributed by atoms with Crippen LogP contribution < -0.4 is 14.8 Å². The summed E-state index contributed by atoms with van der Waals surface area (Å²) in [7, 11) is -3.81. The minimum atomic E-state index is -3.81. The Labute approximate surface area is 137 Å². The number of aryl methyl sites for hydroxylation is 1. The van der Waals surface area contributed by atoms with Crippen molar-refractivity contribution < 1.29 is 23.1 Å². The van der Waals surface area contributed by atoms with Gasteiger partial charge in [0.25, 0.3) is 0 Å². The van der Waals surface area contributed by atoms with Crippen molar-refractivity contribution >= 4 is 15.9 Å². The van der Waals surface area contributed by atoms with Crippen LogP contribution in [0.1, 0.15) is 25.8 Å². The number of benzene rings is 1. The number of nitrogens with one attached hydrogen (secondary N) is 2. The zero-order valence-electron chi connectivity index (χ0n) is 13.6. The Balaban J connectivity index is 2.78. The topological polar surface area (TPSA) is 105 Å².